The van der Waals surface area contributed by atoms with Crippen LogP contribution in [0.1, 0.15) is 11.3 Å². The molecule has 0 amide bonds. The molecule has 1 aliphatic heterocycles. The van der Waals surface area contributed by atoms with E-state index in [1.165, 1.54) is 0 Å². The molecule has 1 aromatic carbocycles. The fourth-order valence-electron chi connectivity index (χ4n) is 2.98. The Bertz CT molecular complexity index is 1030. The van der Waals surface area contributed by atoms with Crippen molar-refractivity contribution in [3.63, 3.8) is 0 Å². The van der Waals surface area contributed by atoms with E-state index in [4.69, 9.17) is 9.47 Å². The number of ether oxygens (including phenoxy) is 2. The van der Waals surface area contributed by atoms with Crippen molar-refractivity contribution in [3.8, 4) is 11.5 Å². The number of allylic oxidation sites excluding steroid dienone is 2. The van der Waals surface area contributed by atoms with Crippen molar-refractivity contribution in [2.45, 2.75) is 6.92 Å². The van der Waals surface area contributed by atoms with Crippen LogP contribution in [0.3, 0.4) is 0 Å². The standard InChI is InChI=1S/C22H22N4O2/c1-16-5-8-19(24-15-16)20-4-3-11-26(25-20)12-13-28-22-9-10-23-21-14-17(27-2)6-7-18(21)22/h3-11,14-15,25H,12-13H2,1-2H3. The highest BCUT2D eigenvalue weighted by Crippen LogP contribution is 2.27. The highest BCUT2D eigenvalue weighted by molar-refractivity contribution is 5.85. The summed E-state index contributed by atoms with van der Waals surface area (Å²) in [6.07, 6.45) is 9.62. The first-order valence-electron chi connectivity index (χ1n) is 9.13. The van der Waals surface area contributed by atoms with Crippen molar-refractivity contribution in [2.75, 3.05) is 20.3 Å². The van der Waals surface area contributed by atoms with E-state index in [0.29, 0.717) is 13.2 Å². The number of aryl methyl sites for hydroxylation is 1. The monoisotopic (exact) mass is 374 g/mol. The molecule has 28 heavy (non-hydrogen) atoms. The van der Waals surface area contributed by atoms with E-state index < -0.39 is 0 Å². The van der Waals surface area contributed by atoms with Crippen molar-refractivity contribution in [1.82, 2.24) is 20.4 Å². The summed E-state index contributed by atoms with van der Waals surface area (Å²) in [6.45, 7) is 3.23. The normalized spacial score (nSPS) is 13.2. The minimum absolute atomic E-state index is 0.525. The maximum absolute atomic E-state index is 6.02. The molecular formula is C22H22N4O2. The van der Waals surface area contributed by atoms with E-state index >= 15 is 0 Å². The molecule has 0 spiro atoms. The third-order valence-electron chi connectivity index (χ3n) is 4.48. The van der Waals surface area contributed by atoms with Crippen molar-refractivity contribution in [3.05, 3.63) is 78.4 Å². The third-order valence-corrected chi connectivity index (χ3v) is 4.48. The van der Waals surface area contributed by atoms with Crippen molar-refractivity contribution >= 4 is 16.6 Å². The summed E-state index contributed by atoms with van der Waals surface area (Å²) in [7, 11) is 1.65. The first-order chi connectivity index (χ1) is 13.7. The average Bonchev–Trinajstić information content (AvgIpc) is 2.74. The maximum atomic E-state index is 6.02. The van der Waals surface area contributed by atoms with Gasteiger partial charge in [-0.1, -0.05) is 6.07 Å². The second kappa shape index (κ2) is 8.00. The van der Waals surface area contributed by atoms with Crippen LogP contribution in [-0.2, 0) is 0 Å². The first kappa shape index (κ1) is 17.9. The van der Waals surface area contributed by atoms with Gasteiger partial charge < -0.3 is 9.47 Å². The molecule has 0 atom stereocenters. The topological polar surface area (TPSA) is 59.5 Å². The van der Waals surface area contributed by atoms with Crippen LogP contribution in [0, 0.1) is 6.92 Å². The van der Waals surface area contributed by atoms with E-state index in [0.717, 1.165) is 39.4 Å². The van der Waals surface area contributed by atoms with E-state index in [1.807, 2.05) is 66.8 Å². The smallest absolute Gasteiger partial charge is 0.130 e. The molecule has 0 unspecified atom stereocenters. The van der Waals surface area contributed by atoms with Crippen molar-refractivity contribution in [2.24, 2.45) is 0 Å². The highest BCUT2D eigenvalue weighted by atomic mass is 16.5. The Morgan fingerprint density at radius 1 is 1.11 bits per heavy atom. The zero-order valence-electron chi connectivity index (χ0n) is 15.9. The van der Waals surface area contributed by atoms with Gasteiger partial charge in [0.05, 0.1) is 30.6 Å². The van der Waals surface area contributed by atoms with E-state index in [-0.39, 0.29) is 0 Å². The second-order valence-electron chi connectivity index (χ2n) is 6.49. The number of hydrazine groups is 1. The zero-order valence-corrected chi connectivity index (χ0v) is 15.9. The Labute approximate surface area is 164 Å². The van der Waals surface area contributed by atoms with Gasteiger partial charge in [0.25, 0.3) is 0 Å². The number of aromatic nitrogens is 2. The Morgan fingerprint density at radius 3 is 2.86 bits per heavy atom. The molecule has 0 saturated carbocycles. The van der Waals surface area contributed by atoms with Gasteiger partial charge >= 0.3 is 0 Å². The molecular weight excluding hydrogens is 352 g/mol. The molecule has 0 saturated heterocycles. The van der Waals surface area contributed by atoms with Gasteiger partial charge in [0.2, 0.25) is 0 Å². The van der Waals surface area contributed by atoms with Gasteiger partial charge in [-0.05, 0) is 48.9 Å². The molecule has 1 N–H and O–H groups in total. The number of methoxy groups -OCH3 is 1. The zero-order chi connectivity index (χ0) is 19.3. The molecule has 2 aromatic heterocycles. The number of hydrogen-bond acceptors (Lipinski definition) is 6. The summed E-state index contributed by atoms with van der Waals surface area (Å²) >= 11 is 0. The lowest BCUT2D eigenvalue weighted by Crippen LogP contribution is -2.36. The molecule has 142 valence electrons. The fourth-order valence-corrected chi connectivity index (χ4v) is 2.98. The molecule has 0 fully saturated rings. The molecule has 4 rings (SSSR count). The van der Waals surface area contributed by atoms with Gasteiger partial charge in [-0.25, -0.2) is 0 Å². The van der Waals surface area contributed by atoms with Gasteiger partial charge in [0.1, 0.15) is 18.1 Å². The molecule has 0 aliphatic carbocycles. The molecule has 6 heteroatoms. The van der Waals surface area contributed by atoms with Gasteiger partial charge in [0, 0.05) is 30.0 Å². The summed E-state index contributed by atoms with van der Waals surface area (Å²) in [5.41, 5.74) is 7.23. The van der Waals surface area contributed by atoms with Crippen LogP contribution in [-0.4, -0.2) is 35.2 Å². The number of nitrogens with zero attached hydrogens (tertiary/aromatic N) is 3. The molecule has 0 bridgehead atoms. The molecule has 3 aromatic rings. The van der Waals surface area contributed by atoms with Crippen molar-refractivity contribution < 1.29 is 9.47 Å². The Morgan fingerprint density at radius 2 is 2.04 bits per heavy atom. The lowest BCUT2D eigenvalue weighted by Gasteiger charge is -2.26. The number of benzene rings is 1. The Balaban J connectivity index is 1.38. The van der Waals surface area contributed by atoms with Crippen LogP contribution in [0.15, 0.2) is 67.1 Å². The lowest BCUT2D eigenvalue weighted by atomic mass is 10.2. The van der Waals surface area contributed by atoms with E-state index in [9.17, 15) is 0 Å². The number of fused-ring (bicyclic) bond motifs is 1. The predicted octanol–water partition coefficient (Wildman–Crippen LogP) is 3.70. The number of hydrogen-bond donors (Lipinski definition) is 1. The van der Waals surface area contributed by atoms with Gasteiger partial charge in [-0.3, -0.25) is 20.4 Å². The molecule has 0 radical (unpaired) electrons. The molecule has 6 nitrogen and oxygen atoms in total. The van der Waals surface area contributed by atoms with E-state index in [1.54, 1.807) is 13.3 Å². The summed E-state index contributed by atoms with van der Waals surface area (Å²) in [5, 5.41) is 2.96. The Hall–Kier alpha value is -3.54. The van der Waals surface area contributed by atoms with Crippen LogP contribution in [0.2, 0.25) is 0 Å². The van der Waals surface area contributed by atoms with Gasteiger partial charge in [0.15, 0.2) is 0 Å². The lowest BCUT2D eigenvalue weighted by molar-refractivity contribution is 0.232. The van der Waals surface area contributed by atoms with Crippen LogP contribution < -0.4 is 14.9 Å². The fraction of sp³-hybridized carbons (Fsp3) is 0.182. The summed E-state index contributed by atoms with van der Waals surface area (Å²) in [4.78, 5) is 8.86. The van der Waals surface area contributed by atoms with Crippen molar-refractivity contribution in [1.29, 1.82) is 0 Å². The van der Waals surface area contributed by atoms with Gasteiger partial charge in [-0.15, -0.1) is 0 Å². The largest absolute Gasteiger partial charge is 0.497 e. The first-order valence-corrected chi connectivity index (χ1v) is 9.13. The second-order valence-corrected chi connectivity index (χ2v) is 6.49. The quantitative estimate of drug-likeness (QED) is 0.710. The summed E-state index contributed by atoms with van der Waals surface area (Å²) in [6, 6.07) is 11.7. The minimum atomic E-state index is 0.525. The average molecular weight is 374 g/mol. The molecule has 3 heterocycles. The third kappa shape index (κ3) is 3.91. The summed E-state index contributed by atoms with van der Waals surface area (Å²) < 4.78 is 11.3. The van der Waals surface area contributed by atoms with Crippen LogP contribution >= 0.6 is 0 Å². The summed E-state index contributed by atoms with van der Waals surface area (Å²) in [5.74, 6) is 1.59. The Kier molecular flexibility index (Phi) is 5.10. The number of pyridine rings is 2. The van der Waals surface area contributed by atoms with Gasteiger partial charge in [-0.2, -0.15) is 0 Å². The predicted molar refractivity (Wildman–Crippen MR) is 110 cm³/mol. The number of rotatable bonds is 6. The molecule has 1 aliphatic rings. The van der Waals surface area contributed by atoms with E-state index in [2.05, 4.69) is 21.5 Å². The highest BCUT2D eigenvalue weighted by Gasteiger charge is 2.10. The van der Waals surface area contributed by atoms with Crippen LogP contribution in [0.4, 0.5) is 0 Å². The van der Waals surface area contributed by atoms with Crippen LogP contribution in [0.25, 0.3) is 16.6 Å². The van der Waals surface area contributed by atoms with Crippen LogP contribution in [0.5, 0.6) is 11.5 Å². The number of nitrogens with one attached hydrogen (secondary N) is 1. The maximum Gasteiger partial charge on any atom is 0.130 e. The minimum Gasteiger partial charge on any atom is -0.497 e. The SMILES string of the molecule is COc1ccc2c(OCCN3C=CC=C(c4ccc(C)cn4)N3)ccnc2c1.